The van der Waals surface area contributed by atoms with Crippen LogP contribution in [-0.2, 0) is 27.6 Å². The summed E-state index contributed by atoms with van der Waals surface area (Å²) < 4.78 is 46.3. The molecule has 1 aliphatic rings. The molecule has 198 valence electrons. The Balaban J connectivity index is 1.65. The van der Waals surface area contributed by atoms with Gasteiger partial charge in [0.05, 0.1) is 6.61 Å². The molecule has 0 bridgehead atoms. The number of esters is 1. The summed E-state index contributed by atoms with van der Waals surface area (Å²) in [7, 11) is -4.17. The maximum atomic E-state index is 14.7. The molecule has 5 rings (SSSR count). The first-order valence-electron chi connectivity index (χ1n) is 12.1. The van der Waals surface area contributed by atoms with Crippen LogP contribution in [0.5, 0.6) is 0 Å². The number of ether oxygens (including phenoxy) is 1. The number of benzene rings is 2. The number of carbonyl (C=O) groups is 1. The third-order valence-corrected chi connectivity index (χ3v) is 8.71. The van der Waals surface area contributed by atoms with Gasteiger partial charge in [-0.2, -0.15) is 0 Å². The molecule has 7 nitrogen and oxygen atoms in total. The van der Waals surface area contributed by atoms with Gasteiger partial charge in [-0.25, -0.2) is 27.7 Å². The van der Waals surface area contributed by atoms with E-state index < -0.39 is 26.7 Å². The highest BCUT2D eigenvalue weighted by molar-refractivity contribution is 9.10. The lowest BCUT2D eigenvalue weighted by Crippen LogP contribution is -2.14. The highest BCUT2D eigenvalue weighted by atomic mass is 79.9. The molecular formula is C27H25BrFN3O4S2. The fraction of sp³-hybridized carbons (Fsp3) is 0.259. The number of hydrogen-bond acceptors (Lipinski definition) is 6. The van der Waals surface area contributed by atoms with Crippen molar-refractivity contribution in [2.24, 2.45) is 11.1 Å². The SMILES string of the molecule is CCOC(=O)c1csc(-c2cn(-c3cccc(Br)c3)c(Cc3ccc(S(N)(=O)=O)c(F)c3)c2CC2CC2)n1. The molecule has 2 aromatic carbocycles. The Morgan fingerprint density at radius 1 is 1.26 bits per heavy atom. The number of thiazole rings is 1. The van der Waals surface area contributed by atoms with E-state index in [0.29, 0.717) is 22.9 Å². The summed E-state index contributed by atoms with van der Waals surface area (Å²) in [6.45, 7) is 2.02. The number of nitrogens with two attached hydrogens (primary N) is 1. The summed E-state index contributed by atoms with van der Waals surface area (Å²) in [5.74, 6) is -0.804. The monoisotopic (exact) mass is 617 g/mol. The van der Waals surface area contributed by atoms with Gasteiger partial charge in [0.25, 0.3) is 0 Å². The van der Waals surface area contributed by atoms with E-state index in [0.717, 1.165) is 46.2 Å². The van der Waals surface area contributed by atoms with Gasteiger partial charge in [0.2, 0.25) is 10.0 Å². The van der Waals surface area contributed by atoms with Crippen molar-refractivity contribution in [2.75, 3.05) is 6.61 Å². The van der Waals surface area contributed by atoms with Crippen LogP contribution in [0.15, 0.2) is 63.4 Å². The zero-order valence-corrected chi connectivity index (χ0v) is 23.7. The molecule has 0 unspecified atom stereocenters. The predicted octanol–water partition coefficient (Wildman–Crippen LogP) is 5.87. The van der Waals surface area contributed by atoms with Crippen LogP contribution in [-0.4, -0.2) is 30.5 Å². The fourth-order valence-electron chi connectivity index (χ4n) is 4.43. The Morgan fingerprint density at radius 2 is 2.05 bits per heavy atom. The summed E-state index contributed by atoms with van der Waals surface area (Å²) in [6.07, 6.45) is 5.44. The number of rotatable bonds is 9. The second-order valence-electron chi connectivity index (χ2n) is 9.21. The molecule has 1 aliphatic carbocycles. The average molecular weight is 619 g/mol. The van der Waals surface area contributed by atoms with Crippen molar-refractivity contribution in [3.63, 3.8) is 0 Å². The van der Waals surface area contributed by atoms with Gasteiger partial charge in [-0.15, -0.1) is 11.3 Å². The molecule has 0 aliphatic heterocycles. The van der Waals surface area contributed by atoms with Crippen LogP contribution in [0.3, 0.4) is 0 Å². The van der Waals surface area contributed by atoms with E-state index in [2.05, 4.69) is 25.5 Å². The molecule has 4 aromatic rings. The Morgan fingerprint density at radius 3 is 2.71 bits per heavy atom. The quantitative estimate of drug-likeness (QED) is 0.237. The van der Waals surface area contributed by atoms with Crippen molar-refractivity contribution in [3.8, 4) is 16.3 Å². The minimum Gasteiger partial charge on any atom is -0.461 e. The van der Waals surface area contributed by atoms with Gasteiger partial charge in [0.15, 0.2) is 5.69 Å². The number of nitrogens with zero attached hydrogens (tertiary/aromatic N) is 2. The van der Waals surface area contributed by atoms with Crippen LogP contribution in [0.4, 0.5) is 4.39 Å². The van der Waals surface area contributed by atoms with Crippen LogP contribution >= 0.6 is 27.3 Å². The molecule has 38 heavy (non-hydrogen) atoms. The Hall–Kier alpha value is -2.86. The number of carbonyl (C=O) groups excluding carboxylic acids is 1. The summed E-state index contributed by atoms with van der Waals surface area (Å²) >= 11 is 4.93. The van der Waals surface area contributed by atoms with Crippen LogP contribution in [0.2, 0.25) is 0 Å². The first-order chi connectivity index (χ1) is 18.1. The summed E-state index contributed by atoms with van der Waals surface area (Å²) in [6, 6.07) is 11.9. The minimum absolute atomic E-state index is 0.265. The van der Waals surface area contributed by atoms with Gasteiger partial charge in [-0.05, 0) is 73.6 Å². The van der Waals surface area contributed by atoms with E-state index in [1.165, 1.54) is 23.5 Å². The van der Waals surface area contributed by atoms with Gasteiger partial charge >= 0.3 is 5.97 Å². The van der Waals surface area contributed by atoms with E-state index in [9.17, 15) is 17.6 Å². The topological polar surface area (TPSA) is 104 Å². The van der Waals surface area contributed by atoms with Crippen molar-refractivity contribution >= 4 is 43.3 Å². The molecule has 2 heterocycles. The fourth-order valence-corrected chi connectivity index (χ4v) is 6.23. The third-order valence-electron chi connectivity index (χ3n) is 6.39. The lowest BCUT2D eigenvalue weighted by Gasteiger charge is -2.13. The minimum atomic E-state index is -4.17. The van der Waals surface area contributed by atoms with Crippen LogP contribution in [0.25, 0.3) is 16.3 Å². The molecule has 0 radical (unpaired) electrons. The number of sulfonamides is 1. The van der Waals surface area contributed by atoms with Gasteiger partial charge < -0.3 is 9.30 Å². The lowest BCUT2D eigenvalue weighted by molar-refractivity contribution is 0.0520. The maximum absolute atomic E-state index is 14.7. The van der Waals surface area contributed by atoms with Crippen molar-refractivity contribution < 1.29 is 22.3 Å². The summed E-state index contributed by atoms with van der Waals surface area (Å²) in [5, 5.41) is 7.56. The van der Waals surface area contributed by atoms with Crippen molar-refractivity contribution in [3.05, 3.63) is 86.8 Å². The van der Waals surface area contributed by atoms with E-state index >= 15 is 0 Å². The van der Waals surface area contributed by atoms with Gasteiger partial charge in [-0.3, -0.25) is 0 Å². The Bertz CT molecular complexity index is 1630. The molecule has 1 fully saturated rings. The second-order valence-corrected chi connectivity index (χ2v) is 12.5. The lowest BCUT2D eigenvalue weighted by atomic mass is 9.99. The van der Waals surface area contributed by atoms with Gasteiger partial charge in [-0.1, -0.05) is 28.1 Å². The van der Waals surface area contributed by atoms with E-state index in [4.69, 9.17) is 9.88 Å². The molecule has 0 amide bonds. The average Bonchev–Trinajstić information content (AvgIpc) is 3.41. The molecule has 1 saturated carbocycles. The summed E-state index contributed by atoms with van der Waals surface area (Å²) in [4.78, 5) is 16.4. The first kappa shape index (κ1) is 26.7. The zero-order valence-electron chi connectivity index (χ0n) is 20.5. The molecule has 2 aromatic heterocycles. The zero-order chi connectivity index (χ0) is 27.0. The van der Waals surface area contributed by atoms with E-state index in [1.54, 1.807) is 18.4 Å². The third kappa shape index (κ3) is 5.75. The van der Waals surface area contributed by atoms with E-state index in [-0.39, 0.29) is 12.3 Å². The van der Waals surface area contributed by atoms with Crippen molar-refractivity contribution in [2.45, 2.75) is 37.5 Å². The predicted molar refractivity (Wildman–Crippen MR) is 148 cm³/mol. The highest BCUT2D eigenvalue weighted by Gasteiger charge is 2.29. The molecule has 2 N–H and O–H groups in total. The molecule has 0 saturated heterocycles. The molecular weight excluding hydrogens is 593 g/mol. The van der Waals surface area contributed by atoms with E-state index in [1.807, 2.05) is 30.5 Å². The molecule has 11 heteroatoms. The normalized spacial score (nSPS) is 13.6. The van der Waals surface area contributed by atoms with Crippen LogP contribution in [0, 0.1) is 11.7 Å². The number of primary sulfonamides is 1. The number of halogens is 2. The Kier molecular flexibility index (Phi) is 7.54. The van der Waals surface area contributed by atoms with Crippen molar-refractivity contribution in [1.29, 1.82) is 0 Å². The van der Waals surface area contributed by atoms with Gasteiger partial charge in [0.1, 0.15) is 15.7 Å². The standard InChI is InChI=1S/C27H25BrFN3O4S2/c1-2-36-27(33)23-15-37-26(31-23)21-14-32(19-5-3-4-18(28)13-19)24(20(21)10-16-6-7-16)12-17-8-9-25(22(29)11-17)38(30,34)35/h3-5,8-9,11,13-16H,2,6-7,10,12H2,1H3,(H2,30,34,35). The summed E-state index contributed by atoms with van der Waals surface area (Å²) in [5.41, 5.74) is 4.71. The number of aromatic nitrogens is 2. The highest BCUT2D eigenvalue weighted by Crippen LogP contribution is 2.40. The maximum Gasteiger partial charge on any atom is 0.357 e. The first-order valence-corrected chi connectivity index (χ1v) is 15.3. The van der Waals surface area contributed by atoms with Crippen LogP contribution in [0.1, 0.15) is 47.1 Å². The number of hydrogen-bond donors (Lipinski definition) is 1. The largest absolute Gasteiger partial charge is 0.461 e. The second kappa shape index (κ2) is 10.7. The molecule has 0 atom stereocenters. The molecule has 0 spiro atoms. The van der Waals surface area contributed by atoms with Crippen molar-refractivity contribution in [1.82, 2.24) is 9.55 Å². The van der Waals surface area contributed by atoms with Crippen LogP contribution < -0.4 is 5.14 Å². The smallest absolute Gasteiger partial charge is 0.357 e. The Labute approximate surface area is 232 Å². The van der Waals surface area contributed by atoms with Gasteiger partial charge in [0, 0.05) is 39.4 Å².